The molecule has 1 aromatic carbocycles. The number of rotatable bonds is 4. The van der Waals surface area contributed by atoms with Gasteiger partial charge in [-0.05, 0) is 42.5 Å². The van der Waals surface area contributed by atoms with Crippen molar-refractivity contribution in [2.45, 2.75) is 24.9 Å². The molecule has 1 spiro atoms. The highest BCUT2D eigenvalue weighted by Crippen LogP contribution is 2.45. The number of benzene rings is 1. The number of likely N-dealkylation sites (tertiary alicyclic amines) is 1. The van der Waals surface area contributed by atoms with Gasteiger partial charge in [0.2, 0.25) is 0 Å². The van der Waals surface area contributed by atoms with Gasteiger partial charge in [-0.1, -0.05) is 0 Å². The van der Waals surface area contributed by atoms with Crippen molar-refractivity contribution in [3.8, 4) is 11.5 Å². The summed E-state index contributed by atoms with van der Waals surface area (Å²) in [6.45, 7) is 7.72. The zero-order valence-electron chi connectivity index (χ0n) is 17.4. The number of nitrogens with one attached hydrogen (secondary N) is 1. The Hall–Kier alpha value is -0.760. The highest BCUT2D eigenvalue weighted by molar-refractivity contribution is 5.85. The Labute approximate surface area is 186 Å². The molecule has 2 fully saturated rings. The Bertz CT molecular complexity index is 646. The van der Waals surface area contributed by atoms with Crippen LogP contribution >= 0.6 is 24.8 Å². The molecular formula is C21H34Cl2N2O4. The lowest BCUT2D eigenvalue weighted by atomic mass is 9.79. The van der Waals surface area contributed by atoms with Crippen LogP contribution in [0.4, 0.5) is 0 Å². The molecule has 3 aliphatic rings. The van der Waals surface area contributed by atoms with Crippen molar-refractivity contribution in [2.24, 2.45) is 5.92 Å². The van der Waals surface area contributed by atoms with Gasteiger partial charge in [-0.3, -0.25) is 0 Å². The Morgan fingerprint density at radius 1 is 1.10 bits per heavy atom. The Balaban J connectivity index is 0.00000150. The summed E-state index contributed by atoms with van der Waals surface area (Å²) in [5.74, 6) is 2.18. The third kappa shape index (κ3) is 5.30. The maximum atomic E-state index is 6.40. The molecule has 3 heterocycles. The zero-order valence-corrected chi connectivity index (χ0v) is 19.0. The van der Waals surface area contributed by atoms with Crippen LogP contribution in [0.25, 0.3) is 0 Å². The highest BCUT2D eigenvalue weighted by atomic mass is 35.5. The first-order valence-corrected chi connectivity index (χ1v) is 10.1. The molecule has 4 rings (SSSR count). The van der Waals surface area contributed by atoms with E-state index in [0.29, 0.717) is 5.92 Å². The standard InChI is InChI=1S/C21H32N2O4.2ClH/c1-24-19-11-17-3-9-27-21(18(17)12-20(19)25-2)4-7-23(8-5-21)14-16-13-22-6-10-26-15-16;;/h11-12,16,22H,3-10,13-15H2,1-2H3;2*1H. The minimum atomic E-state index is -0.179. The van der Waals surface area contributed by atoms with Gasteiger partial charge in [-0.15, -0.1) is 24.8 Å². The van der Waals surface area contributed by atoms with Crippen LogP contribution in [0.15, 0.2) is 12.1 Å². The summed E-state index contributed by atoms with van der Waals surface area (Å²) >= 11 is 0. The second kappa shape index (κ2) is 11.0. The topological polar surface area (TPSA) is 52.2 Å². The minimum absolute atomic E-state index is 0. The average Bonchev–Trinajstić information content (AvgIpc) is 2.98. The van der Waals surface area contributed by atoms with Gasteiger partial charge in [-0.2, -0.15) is 0 Å². The molecule has 1 atom stereocenters. The molecule has 1 N–H and O–H groups in total. The first-order chi connectivity index (χ1) is 13.2. The lowest BCUT2D eigenvalue weighted by molar-refractivity contribution is -0.0998. The molecule has 0 radical (unpaired) electrons. The van der Waals surface area contributed by atoms with Gasteiger partial charge in [-0.25, -0.2) is 0 Å². The van der Waals surface area contributed by atoms with Crippen LogP contribution in [-0.2, 0) is 21.5 Å². The van der Waals surface area contributed by atoms with Gasteiger partial charge in [0, 0.05) is 38.6 Å². The maximum Gasteiger partial charge on any atom is 0.161 e. The van der Waals surface area contributed by atoms with Gasteiger partial charge in [0.05, 0.1) is 39.6 Å². The van der Waals surface area contributed by atoms with E-state index in [9.17, 15) is 0 Å². The van der Waals surface area contributed by atoms with Crippen molar-refractivity contribution >= 4 is 24.8 Å². The average molecular weight is 449 g/mol. The number of hydrogen-bond donors (Lipinski definition) is 1. The molecule has 0 aliphatic carbocycles. The SMILES string of the molecule is COc1cc2c(cc1OC)C1(CCN(CC3CNCCOC3)CC1)OCC2.Cl.Cl. The number of hydrogen-bond acceptors (Lipinski definition) is 6. The molecule has 0 aromatic heterocycles. The van der Waals surface area contributed by atoms with Gasteiger partial charge >= 0.3 is 0 Å². The minimum Gasteiger partial charge on any atom is -0.493 e. The number of fused-ring (bicyclic) bond motifs is 2. The number of nitrogens with zero attached hydrogens (tertiary/aromatic N) is 1. The summed E-state index contributed by atoms with van der Waals surface area (Å²) in [6, 6.07) is 4.28. The molecular weight excluding hydrogens is 415 g/mol. The van der Waals surface area contributed by atoms with Crippen LogP contribution < -0.4 is 14.8 Å². The van der Waals surface area contributed by atoms with Crippen molar-refractivity contribution in [1.29, 1.82) is 0 Å². The van der Waals surface area contributed by atoms with Crippen LogP contribution in [0.5, 0.6) is 11.5 Å². The van der Waals surface area contributed by atoms with Crippen LogP contribution in [0.1, 0.15) is 24.0 Å². The molecule has 8 heteroatoms. The predicted molar refractivity (Wildman–Crippen MR) is 118 cm³/mol. The monoisotopic (exact) mass is 448 g/mol. The third-order valence-electron chi connectivity index (χ3n) is 6.24. The summed E-state index contributed by atoms with van der Waals surface area (Å²) in [7, 11) is 3.40. The van der Waals surface area contributed by atoms with Crippen LogP contribution in [0, 0.1) is 5.92 Å². The van der Waals surface area contributed by atoms with E-state index in [1.807, 2.05) is 0 Å². The van der Waals surface area contributed by atoms with Crippen molar-refractivity contribution in [2.75, 3.05) is 66.8 Å². The number of ether oxygens (including phenoxy) is 4. The van der Waals surface area contributed by atoms with Gasteiger partial charge in [0.1, 0.15) is 0 Å². The number of methoxy groups -OCH3 is 2. The van der Waals surface area contributed by atoms with E-state index >= 15 is 0 Å². The largest absolute Gasteiger partial charge is 0.493 e. The van der Waals surface area contributed by atoms with Crippen LogP contribution in [0.2, 0.25) is 0 Å². The fourth-order valence-corrected chi connectivity index (χ4v) is 4.74. The summed E-state index contributed by atoms with van der Waals surface area (Å²) < 4.78 is 23.2. The Morgan fingerprint density at radius 2 is 1.83 bits per heavy atom. The molecule has 29 heavy (non-hydrogen) atoms. The number of halogens is 2. The molecule has 0 amide bonds. The third-order valence-corrected chi connectivity index (χ3v) is 6.24. The van der Waals surface area contributed by atoms with E-state index in [1.54, 1.807) is 14.2 Å². The normalized spacial score (nSPS) is 23.9. The summed E-state index contributed by atoms with van der Waals surface area (Å²) in [5, 5.41) is 3.48. The van der Waals surface area contributed by atoms with Gasteiger partial charge in [0.15, 0.2) is 11.5 Å². The summed E-state index contributed by atoms with van der Waals surface area (Å²) in [5.41, 5.74) is 2.46. The second-order valence-electron chi connectivity index (χ2n) is 7.90. The Kier molecular flexibility index (Phi) is 9.32. The van der Waals surface area contributed by atoms with Crippen molar-refractivity contribution in [3.05, 3.63) is 23.3 Å². The molecule has 1 aromatic rings. The fourth-order valence-electron chi connectivity index (χ4n) is 4.74. The van der Waals surface area contributed by atoms with Crippen molar-refractivity contribution in [3.63, 3.8) is 0 Å². The summed E-state index contributed by atoms with van der Waals surface area (Å²) in [6.07, 6.45) is 2.99. The number of piperidine rings is 1. The summed E-state index contributed by atoms with van der Waals surface area (Å²) in [4.78, 5) is 2.57. The van der Waals surface area contributed by atoms with E-state index in [2.05, 4.69) is 22.3 Å². The molecule has 0 bridgehead atoms. The molecule has 6 nitrogen and oxygen atoms in total. The van der Waals surface area contributed by atoms with Gasteiger partial charge in [0.25, 0.3) is 0 Å². The second-order valence-corrected chi connectivity index (χ2v) is 7.90. The van der Waals surface area contributed by atoms with E-state index in [0.717, 1.165) is 83.3 Å². The molecule has 0 saturated carbocycles. The van der Waals surface area contributed by atoms with E-state index in [1.165, 1.54) is 11.1 Å². The predicted octanol–water partition coefficient (Wildman–Crippen LogP) is 2.65. The quantitative estimate of drug-likeness (QED) is 0.763. The lowest BCUT2D eigenvalue weighted by Crippen LogP contribution is -2.48. The van der Waals surface area contributed by atoms with Crippen molar-refractivity contribution < 1.29 is 18.9 Å². The first-order valence-electron chi connectivity index (χ1n) is 10.1. The van der Waals surface area contributed by atoms with Crippen LogP contribution in [0.3, 0.4) is 0 Å². The lowest BCUT2D eigenvalue weighted by Gasteiger charge is -2.45. The van der Waals surface area contributed by atoms with E-state index in [-0.39, 0.29) is 30.4 Å². The zero-order chi connectivity index (χ0) is 18.7. The molecule has 2 saturated heterocycles. The molecule has 3 aliphatic heterocycles. The smallest absolute Gasteiger partial charge is 0.161 e. The first kappa shape index (κ1) is 24.5. The van der Waals surface area contributed by atoms with Crippen molar-refractivity contribution in [1.82, 2.24) is 10.2 Å². The highest BCUT2D eigenvalue weighted by Gasteiger charge is 2.41. The van der Waals surface area contributed by atoms with E-state index in [4.69, 9.17) is 18.9 Å². The Morgan fingerprint density at radius 3 is 2.55 bits per heavy atom. The van der Waals surface area contributed by atoms with Crippen LogP contribution in [-0.4, -0.2) is 71.7 Å². The molecule has 166 valence electrons. The molecule has 1 unspecified atom stereocenters. The van der Waals surface area contributed by atoms with Gasteiger partial charge < -0.3 is 29.2 Å². The van der Waals surface area contributed by atoms with E-state index < -0.39 is 0 Å². The fraction of sp³-hybridized carbons (Fsp3) is 0.714. The maximum absolute atomic E-state index is 6.40.